The minimum atomic E-state index is -0.615. The molecule has 2 aliphatic heterocycles. The average Bonchev–Trinajstić information content (AvgIpc) is 3.18. The summed E-state index contributed by atoms with van der Waals surface area (Å²) in [5.41, 5.74) is 7.64. The summed E-state index contributed by atoms with van der Waals surface area (Å²) in [7, 11) is 0. The van der Waals surface area contributed by atoms with Crippen molar-refractivity contribution in [2.24, 2.45) is 21.6 Å². The maximum absolute atomic E-state index is 12.0. The number of carbonyl (C=O) groups is 1. The highest BCUT2D eigenvalue weighted by Gasteiger charge is 2.47. The number of aliphatic hydroxyl groups is 1. The van der Waals surface area contributed by atoms with E-state index in [0.29, 0.717) is 19.6 Å². The zero-order chi connectivity index (χ0) is 19.0. The quantitative estimate of drug-likeness (QED) is 0.632. The topological polar surface area (TPSA) is 113 Å². The van der Waals surface area contributed by atoms with Gasteiger partial charge in [0.15, 0.2) is 18.2 Å². The van der Waals surface area contributed by atoms with Crippen LogP contribution in [0.3, 0.4) is 0 Å². The van der Waals surface area contributed by atoms with Gasteiger partial charge in [0.05, 0.1) is 31.7 Å². The number of guanidine groups is 1. The fraction of sp³-hybridized carbons (Fsp3) is 0.421. The van der Waals surface area contributed by atoms with Crippen molar-refractivity contribution in [3.63, 3.8) is 0 Å². The summed E-state index contributed by atoms with van der Waals surface area (Å²) in [6.45, 7) is 5.06. The van der Waals surface area contributed by atoms with E-state index in [-0.39, 0.29) is 23.8 Å². The second kappa shape index (κ2) is 7.13. The molecule has 0 bridgehead atoms. The fourth-order valence-electron chi connectivity index (χ4n) is 3.89. The normalized spacial score (nSPS) is 32.4. The van der Waals surface area contributed by atoms with Crippen molar-refractivity contribution in [2.75, 3.05) is 6.61 Å². The molecule has 3 aliphatic rings. The Morgan fingerprint density at radius 3 is 2.93 bits per heavy atom. The van der Waals surface area contributed by atoms with Gasteiger partial charge in [0.25, 0.3) is 5.91 Å². The van der Waals surface area contributed by atoms with E-state index < -0.39 is 18.3 Å². The van der Waals surface area contributed by atoms with E-state index in [9.17, 15) is 9.90 Å². The van der Waals surface area contributed by atoms with Crippen LogP contribution in [-0.2, 0) is 16.1 Å². The highest BCUT2D eigenvalue weighted by Crippen LogP contribution is 2.37. The van der Waals surface area contributed by atoms with Crippen molar-refractivity contribution in [1.82, 2.24) is 10.2 Å². The molecule has 27 heavy (non-hydrogen) atoms. The first-order valence-electron chi connectivity index (χ1n) is 8.98. The van der Waals surface area contributed by atoms with Gasteiger partial charge in [0, 0.05) is 5.92 Å². The average molecular weight is 369 g/mol. The van der Waals surface area contributed by atoms with Crippen LogP contribution in [0.5, 0.6) is 0 Å². The molecule has 0 aromatic heterocycles. The number of ether oxygens (including phenoxy) is 1. The van der Waals surface area contributed by atoms with E-state index in [1.165, 1.54) is 0 Å². The molecular formula is C19H23N5O3. The summed E-state index contributed by atoms with van der Waals surface area (Å²) < 4.78 is 5.81. The maximum Gasteiger partial charge on any atom is 0.255 e. The molecule has 1 fully saturated rings. The van der Waals surface area contributed by atoms with E-state index in [4.69, 9.17) is 10.5 Å². The number of aliphatic hydroxyl groups excluding tert-OH is 1. The molecule has 2 heterocycles. The van der Waals surface area contributed by atoms with Gasteiger partial charge in [-0.15, -0.1) is 0 Å². The Kier molecular flexibility index (Phi) is 4.67. The predicted octanol–water partition coefficient (Wildman–Crippen LogP) is -0.00810. The lowest BCUT2D eigenvalue weighted by molar-refractivity contribution is -0.122. The van der Waals surface area contributed by atoms with Crippen molar-refractivity contribution in [2.45, 2.75) is 37.4 Å². The first-order valence-corrected chi connectivity index (χ1v) is 8.98. The number of carbonyl (C=O) groups excluding carboxylic acids is 1. The van der Waals surface area contributed by atoms with Crippen LogP contribution in [0.4, 0.5) is 0 Å². The molecule has 1 aromatic carbocycles. The molecule has 0 radical (unpaired) electrons. The molecule has 0 spiro atoms. The number of nitrogens with two attached hydrogens (primary N) is 1. The number of hydrogen-bond donors (Lipinski definition) is 3. The monoisotopic (exact) mass is 369 g/mol. The first kappa shape index (κ1) is 17.7. The third kappa shape index (κ3) is 3.33. The number of rotatable bonds is 5. The summed E-state index contributed by atoms with van der Waals surface area (Å²) >= 11 is 0. The van der Waals surface area contributed by atoms with Gasteiger partial charge < -0.3 is 20.5 Å². The predicted molar refractivity (Wildman–Crippen MR) is 101 cm³/mol. The largest absolute Gasteiger partial charge is 0.392 e. The zero-order valence-corrected chi connectivity index (χ0v) is 14.9. The van der Waals surface area contributed by atoms with Crippen LogP contribution in [-0.4, -0.2) is 59.2 Å². The van der Waals surface area contributed by atoms with Gasteiger partial charge >= 0.3 is 0 Å². The van der Waals surface area contributed by atoms with Gasteiger partial charge in [-0.2, -0.15) is 0 Å². The molecule has 142 valence electrons. The van der Waals surface area contributed by atoms with Crippen molar-refractivity contribution in [3.8, 4) is 0 Å². The number of hydrogen-bond acceptors (Lipinski definition) is 7. The summed E-state index contributed by atoms with van der Waals surface area (Å²) in [5.74, 6) is -0.355. The molecular weight excluding hydrogens is 346 g/mol. The standard InChI is InChI=1S/C19H23N5O3/c1-11-13(9-27-8-12-5-3-2-4-6-12)15(25)7-14(11)24-10-21-16-17(24)22-19(20)23-18(16)26/h2-6,10,13-17,25H,1,7-9H2,(H3,20,22,23,26)/t13-,14-,15-,16?,17?/m0/s1. The Morgan fingerprint density at radius 1 is 1.37 bits per heavy atom. The van der Waals surface area contributed by atoms with Gasteiger partial charge in [0.1, 0.15) is 0 Å². The summed E-state index contributed by atoms with van der Waals surface area (Å²) in [6, 6.07) is 9.12. The molecule has 5 atom stereocenters. The highest BCUT2D eigenvalue weighted by molar-refractivity contribution is 6.02. The van der Waals surface area contributed by atoms with Crippen molar-refractivity contribution in [1.29, 1.82) is 0 Å². The molecule has 1 aliphatic carbocycles. The molecule has 1 aromatic rings. The minimum absolute atomic E-state index is 0.0867. The van der Waals surface area contributed by atoms with Gasteiger partial charge in [-0.3, -0.25) is 15.1 Å². The lowest BCUT2D eigenvalue weighted by Crippen LogP contribution is -2.55. The lowest BCUT2D eigenvalue weighted by atomic mass is 10.0. The number of nitrogens with one attached hydrogen (secondary N) is 1. The molecule has 4 rings (SSSR count). The smallest absolute Gasteiger partial charge is 0.255 e. The number of benzene rings is 1. The van der Waals surface area contributed by atoms with Gasteiger partial charge in [-0.05, 0) is 17.6 Å². The van der Waals surface area contributed by atoms with Crippen LogP contribution < -0.4 is 11.1 Å². The van der Waals surface area contributed by atoms with Crippen molar-refractivity contribution in [3.05, 3.63) is 48.0 Å². The summed E-state index contributed by atoms with van der Waals surface area (Å²) in [4.78, 5) is 22.5. The number of fused-ring (bicyclic) bond motifs is 1. The van der Waals surface area contributed by atoms with Crippen molar-refractivity contribution < 1.29 is 14.6 Å². The van der Waals surface area contributed by atoms with Crippen LogP contribution >= 0.6 is 0 Å². The molecule has 2 unspecified atom stereocenters. The van der Waals surface area contributed by atoms with Crippen LogP contribution in [0.25, 0.3) is 0 Å². The molecule has 8 heteroatoms. The Morgan fingerprint density at radius 2 is 2.15 bits per heavy atom. The molecule has 4 N–H and O–H groups in total. The van der Waals surface area contributed by atoms with Crippen LogP contribution in [0.1, 0.15) is 12.0 Å². The maximum atomic E-state index is 12.0. The lowest BCUT2D eigenvalue weighted by Gasteiger charge is -2.32. The fourth-order valence-corrected chi connectivity index (χ4v) is 3.89. The number of amides is 1. The Bertz CT molecular complexity index is 794. The SMILES string of the molecule is C=C1[C@H](COCc2ccccc2)[C@@H](O)C[C@@H]1N1C=NC2C(=O)NC(N)=NC21. The van der Waals surface area contributed by atoms with Crippen LogP contribution in [0.2, 0.25) is 0 Å². The molecule has 0 saturated heterocycles. The second-order valence-corrected chi connectivity index (χ2v) is 7.07. The molecule has 8 nitrogen and oxygen atoms in total. The van der Waals surface area contributed by atoms with Gasteiger partial charge in [-0.1, -0.05) is 36.9 Å². The van der Waals surface area contributed by atoms with Gasteiger partial charge in [-0.25, -0.2) is 4.99 Å². The minimum Gasteiger partial charge on any atom is -0.392 e. The van der Waals surface area contributed by atoms with E-state index in [0.717, 1.165) is 11.1 Å². The Labute approximate surface area is 157 Å². The Hall–Kier alpha value is -2.71. The summed E-state index contributed by atoms with van der Waals surface area (Å²) in [6.07, 6.45) is 1.05. The van der Waals surface area contributed by atoms with E-state index >= 15 is 0 Å². The van der Waals surface area contributed by atoms with E-state index in [1.807, 2.05) is 35.2 Å². The number of aliphatic imine (C=N–C) groups is 2. The van der Waals surface area contributed by atoms with Crippen LogP contribution in [0, 0.1) is 5.92 Å². The van der Waals surface area contributed by atoms with Crippen molar-refractivity contribution >= 4 is 18.2 Å². The molecule has 1 saturated carbocycles. The molecule has 1 amide bonds. The van der Waals surface area contributed by atoms with E-state index in [1.54, 1.807) is 6.34 Å². The number of nitrogens with zero attached hydrogens (tertiary/aromatic N) is 3. The second-order valence-electron chi connectivity index (χ2n) is 7.07. The Balaban J connectivity index is 1.41. The first-order chi connectivity index (χ1) is 13.0. The third-order valence-electron chi connectivity index (χ3n) is 5.34. The highest BCUT2D eigenvalue weighted by atomic mass is 16.5. The third-order valence-corrected chi connectivity index (χ3v) is 5.34. The summed E-state index contributed by atoms with van der Waals surface area (Å²) in [5, 5.41) is 13.0. The van der Waals surface area contributed by atoms with E-state index in [2.05, 4.69) is 21.9 Å². The van der Waals surface area contributed by atoms with Gasteiger partial charge in [0.2, 0.25) is 0 Å². The zero-order valence-electron chi connectivity index (χ0n) is 14.9. The van der Waals surface area contributed by atoms with Crippen LogP contribution in [0.15, 0.2) is 52.5 Å².